The van der Waals surface area contributed by atoms with Crippen LogP contribution in [-0.2, 0) is 0 Å². The van der Waals surface area contributed by atoms with Crippen LogP contribution in [0.25, 0.3) is 16.6 Å². The average molecular weight is 415 g/mol. The van der Waals surface area contributed by atoms with Crippen LogP contribution in [0.15, 0.2) is 48.7 Å². The van der Waals surface area contributed by atoms with Crippen molar-refractivity contribution in [2.24, 2.45) is 11.5 Å². The van der Waals surface area contributed by atoms with E-state index in [1.165, 1.54) is 23.1 Å². The minimum Gasteiger partial charge on any atom is -0.330 e. The van der Waals surface area contributed by atoms with Crippen LogP contribution in [0.5, 0.6) is 0 Å². The third-order valence-electron chi connectivity index (χ3n) is 5.96. The topological polar surface area (TPSA) is 60.2 Å². The largest absolute Gasteiger partial charge is 0.330 e. The zero-order chi connectivity index (χ0) is 20.4. The quantitative estimate of drug-likeness (QED) is 0.632. The van der Waals surface area contributed by atoms with Crippen LogP contribution in [0.4, 0.5) is 4.39 Å². The van der Waals surface area contributed by atoms with Gasteiger partial charge in [-0.3, -0.25) is 0 Å². The first-order chi connectivity index (χ1) is 14.0. The smallest absolute Gasteiger partial charge is 0.123 e. The second kappa shape index (κ2) is 8.84. The molecule has 4 nitrogen and oxygen atoms in total. The van der Waals surface area contributed by atoms with E-state index in [0.717, 1.165) is 50.1 Å². The van der Waals surface area contributed by atoms with Gasteiger partial charge in [-0.15, -0.1) is 0 Å². The first-order valence-corrected chi connectivity index (χ1v) is 10.7. The monoisotopic (exact) mass is 414 g/mol. The minimum absolute atomic E-state index is 0.152. The summed E-state index contributed by atoms with van der Waals surface area (Å²) in [6, 6.07) is 12.8. The van der Waals surface area contributed by atoms with Crippen molar-refractivity contribution in [2.75, 3.05) is 26.2 Å². The molecule has 4 rings (SSSR count). The molecule has 1 saturated heterocycles. The molecule has 1 aliphatic heterocycles. The Kier molecular flexibility index (Phi) is 6.20. The maximum absolute atomic E-state index is 13.4. The molecule has 1 unspecified atom stereocenters. The third kappa shape index (κ3) is 4.48. The van der Waals surface area contributed by atoms with E-state index in [2.05, 4.69) is 21.7 Å². The molecule has 3 aromatic rings. The molecule has 2 aromatic carbocycles. The molecule has 1 aliphatic rings. The van der Waals surface area contributed by atoms with Gasteiger partial charge < -0.3 is 20.9 Å². The number of halogens is 2. The van der Waals surface area contributed by atoms with Gasteiger partial charge in [0.05, 0.1) is 5.52 Å². The van der Waals surface area contributed by atoms with Crippen molar-refractivity contribution in [3.63, 3.8) is 0 Å². The first kappa shape index (κ1) is 20.4. The van der Waals surface area contributed by atoms with Crippen LogP contribution in [-0.4, -0.2) is 41.7 Å². The number of aromatic nitrogens is 1. The summed E-state index contributed by atoms with van der Waals surface area (Å²) in [7, 11) is 0. The second-order valence-electron chi connectivity index (χ2n) is 8.00. The van der Waals surface area contributed by atoms with E-state index < -0.39 is 0 Å². The SMILES string of the molecule is NCCC(N)CN1CCC(c2cn(-c3ccc(F)cc3)c3cc(Cl)ccc23)CC1. The van der Waals surface area contributed by atoms with Gasteiger partial charge >= 0.3 is 0 Å². The average Bonchev–Trinajstić information content (AvgIpc) is 3.08. The summed E-state index contributed by atoms with van der Waals surface area (Å²) >= 11 is 6.29. The number of hydrogen-bond donors (Lipinski definition) is 2. The number of rotatable bonds is 6. The predicted molar refractivity (Wildman–Crippen MR) is 118 cm³/mol. The molecule has 0 aliphatic carbocycles. The highest BCUT2D eigenvalue weighted by atomic mass is 35.5. The fourth-order valence-electron chi connectivity index (χ4n) is 4.43. The van der Waals surface area contributed by atoms with Gasteiger partial charge in [-0.25, -0.2) is 4.39 Å². The normalized spacial score (nSPS) is 17.1. The molecule has 2 heterocycles. The Morgan fingerprint density at radius 1 is 1.10 bits per heavy atom. The van der Waals surface area contributed by atoms with Crippen molar-refractivity contribution in [1.82, 2.24) is 9.47 Å². The van der Waals surface area contributed by atoms with Gasteiger partial charge in [-0.05, 0) is 86.8 Å². The fourth-order valence-corrected chi connectivity index (χ4v) is 4.60. The molecule has 4 N–H and O–H groups in total. The number of nitrogens with zero attached hydrogens (tertiary/aromatic N) is 2. The number of likely N-dealkylation sites (tertiary alicyclic amines) is 1. The zero-order valence-electron chi connectivity index (χ0n) is 16.5. The van der Waals surface area contributed by atoms with Crippen LogP contribution in [0.1, 0.15) is 30.7 Å². The number of benzene rings is 2. The third-order valence-corrected chi connectivity index (χ3v) is 6.20. The molecule has 1 aromatic heterocycles. The van der Waals surface area contributed by atoms with Gasteiger partial charge in [0.2, 0.25) is 0 Å². The van der Waals surface area contributed by atoms with E-state index in [4.69, 9.17) is 23.1 Å². The number of hydrogen-bond acceptors (Lipinski definition) is 3. The molecule has 0 amide bonds. The van der Waals surface area contributed by atoms with E-state index in [0.29, 0.717) is 17.5 Å². The molecule has 6 heteroatoms. The summed E-state index contributed by atoms with van der Waals surface area (Å²) in [6.45, 7) is 3.64. The summed E-state index contributed by atoms with van der Waals surface area (Å²) in [4.78, 5) is 2.45. The van der Waals surface area contributed by atoms with Gasteiger partial charge in [0.1, 0.15) is 5.82 Å². The highest BCUT2D eigenvalue weighted by Gasteiger charge is 2.25. The molecule has 154 valence electrons. The number of nitrogens with two attached hydrogens (primary N) is 2. The molecule has 0 spiro atoms. The van der Waals surface area contributed by atoms with Crippen molar-refractivity contribution in [3.05, 3.63) is 65.1 Å². The van der Waals surface area contributed by atoms with E-state index in [-0.39, 0.29) is 11.9 Å². The Morgan fingerprint density at radius 2 is 1.83 bits per heavy atom. The molecule has 1 fully saturated rings. The summed E-state index contributed by atoms with van der Waals surface area (Å²) in [5, 5.41) is 1.92. The maximum Gasteiger partial charge on any atom is 0.123 e. The van der Waals surface area contributed by atoms with Crippen molar-refractivity contribution in [2.45, 2.75) is 31.2 Å². The van der Waals surface area contributed by atoms with Crippen LogP contribution >= 0.6 is 11.6 Å². The van der Waals surface area contributed by atoms with Crippen molar-refractivity contribution in [3.8, 4) is 5.69 Å². The Hall–Kier alpha value is -1.92. The van der Waals surface area contributed by atoms with Crippen LogP contribution in [0.2, 0.25) is 5.02 Å². The molecule has 0 radical (unpaired) electrons. The van der Waals surface area contributed by atoms with Crippen LogP contribution < -0.4 is 11.5 Å². The van der Waals surface area contributed by atoms with Gasteiger partial charge in [0, 0.05) is 34.9 Å². The molecule has 1 atom stereocenters. The lowest BCUT2D eigenvalue weighted by Gasteiger charge is -2.33. The Labute approximate surface area is 176 Å². The van der Waals surface area contributed by atoms with Crippen LogP contribution in [0.3, 0.4) is 0 Å². The van der Waals surface area contributed by atoms with Gasteiger partial charge in [0.25, 0.3) is 0 Å². The van der Waals surface area contributed by atoms with E-state index in [1.54, 1.807) is 12.1 Å². The molecule has 0 bridgehead atoms. The zero-order valence-corrected chi connectivity index (χ0v) is 17.3. The molecule has 0 saturated carbocycles. The lowest BCUT2D eigenvalue weighted by molar-refractivity contribution is 0.199. The van der Waals surface area contributed by atoms with E-state index in [1.807, 2.05) is 12.1 Å². The van der Waals surface area contributed by atoms with E-state index in [9.17, 15) is 4.39 Å². The standard InChI is InChI=1S/C23H28ClFN4/c24-17-1-6-21-22(16-8-11-28(12-9-16)14-19(27)7-10-26)15-29(23(21)13-17)20-4-2-18(25)3-5-20/h1-6,13,15-16,19H,7-12,14,26-27H2. The fraction of sp³-hybridized carbons (Fsp3) is 0.391. The molecular weight excluding hydrogens is 387 g/mol. The second-order valence-corrected chi connectivity index (χ2v) is 8.44. The van der Waals surface area contributed by atoms with Gasteiger partial charge in [-0.1, -0.05) is 17.7 Å². The highest BCUT2D eigenvalue weighted by Crippen LogP contribution is 2.36. The van der Waals surface area contributed by atoms with Crippen molar-refractivity contribution >= 4 is 22.5 Å². The number of piperidine rings is 1. The Morgan fingerprint density at radius 3 is 2.52 bits per heavy atom. The van der Waals surface area contributed by atoms with Crippen molar-refractivity contribution < 1.29 is 4.39 Å². The Bertz CT molecular complexity index is 961. The summed E-state index contributed by atoms with van der Waals surface area (Å²) in [5.41, 5.74) is 15.1. The van der Waals surface area contributed by atoms with Crippen LogP contribution in [0, 0.1) is 5.82 Å². The van der Waals surface area contributed by atoms with Gasteiger partial charge in [0.15, 0.2) is 0 Å². The van der Waals surface area contributed by atoms with Gasteiger partial charge in [-0.2, -0.15) is 0 Å². The predicted octanol–water partition coefficient (Wildman–Crippen LogP) is 4.28. The summed E-state index contributed by atoms with van der Waals surface area (Å²) in [6.07, 6.45) is 5.27. The minimum atomic E-state index is -0.233. The maximum atomic E-state index is 13.4. The summed E-state index contributed by atoms with van der Waals surface area (Å²) in [5.74, 6) is 0.256. The van der Waals surface area contributed by atoms with Crippen molar-refractivity contribution in [1.29, 1.82) is 0 Å². The summed E-state index contributed by atoms with van der Waals surface area (Å²) < 4.78 is 15.5. The molecular formula is C23H28ClFN4. The lowest BCUT2D eigenvalue weighted by atomic mass is 9.89. The first-order valence-electron chi connectivity index (χ1n) is 10.3. The molecule has 29 heavy (non-hydrogen) atoms. The van der Waals surface area contributed by atoms with E-state index >= 15 is 0 Å². The lowest BCUT2D eigenvalue weighted by Crippen LogP contribution is -2.42. The Balaban J connectivity index is 1.59. The number of fused-ring (bicyclic) bond motifs is 1. The highest BCUT2D eigenvalue weighted by molar-refractivity contribution is 6.31.